The molecule has 5 rings (SSSR count). The van der Waals surface area contributed by atoms with Crippen molar-refractivity contribution in [2.75, 3.05) is 25.4 Å². The molecule has 2 aliphatic rings. The summed E-state index contributed by atoms with van der Waals surface area (Å²) in [6, 6.07) is 13.6. The van der Waals surface area contributed by atoms with Crippen LogP contribution in [0.1, 0.15) is 55.8 Å². The second-order valence-electron chi connectivity index (χ2n) is 10.5. The van der Waals surface area contributed by atoms with Gasteiger partial charge in [-0.25, -0.2) is 18.1 Å². The molecule has 0 saturated carbocycles. The van der Waals surface area contributed by atoms with Crippen molar-refractivity contribution in [1.82, 2.24) is 14.6 Å². The van der Waals surface area contributed by atoms with Crippen LogP contribution in [0.2, 0.25) is 0 Å². The molecule has 2 heterocycles. The van der Waals surface area contributed by atoms with Crippen molar-refractivity contribution in [1.29, 1.82) is 5.26 Å². The Hall–Kier alpha value is -2.81. The number of sulfonamides is 1. The number of nitrogens with one attached hydrogen (secondary N) is 1. The molecule has 39 heavy (non-hydrogen) atoms. The number of piperidine rings is 1. The number of nitrogens with zero attached hydrogens (tertiary/aromatic N) is 3. The summed E-state index contributed by atoms with van der Waals surface area (Å²) in [6.45, 7) is 5.64. The van der Waals surface area contributed by atoms with Crippen molar-refractivity contribution in [3.05, 3.63) is 59.3 Å². The van der Waals surface area contributed by atoms with Gasteiger partial charge in [0.2, 0.25) is 10.0 Å². The largest absolute Gasteiger partial charge is 0.490 e. The summed E-state index contributed by atoms with van der Waals surface area (Å²) >= 11 is 1.56. The number of benzene rings is 2. The predicted molar refractivity (Wildman–Crippen MR) is 153 cm³/mol. The zero-order valence-corrected chi connectivity index (χ0v) is 23.9. The molecule has 2 N–H and O–H groups in total. The van der Waals surface area contributed by atoms with Crippen molar-refractivity contribution < 1.29 is 18.3 Å². The molecule has 1 fully saturated rings. The number of fused-ring (bicyclic) bond motifs is 1. The lowest BCUT2D eigenvalue weighted by Gasteiger charge is -2.29. The van der Waals surface area contributed by atoms with E-state index in [-0.39, 0.29) is 24.0 Å². The fourth-order valence-electron chi connectivity index (χ4n) is 5.41. The molecular formula is C29H34N4O4S2. The van der Waals surface area contributed by atoms with Crippen molar-refractivity contribution in [2.24, 2.45) is 0 Å². The van der Waals surface area contributed by atoms with E-state index in [1.165, 1.54) is 0 Å². The fraction of sp³-hybridized carbons (Fsp3) is 0.448. The van der Waals surface area contributed by atoms with Gasteiger partial charge in [-0.2, -0.15) is 5.26 Å². The Morgan fingerprint density at radius 3 is 2.90 bits per heavy atom. The third-order valence-electron chi connectivity index (χ3n) is 7.23. The van der Waals surface area contributed by atoms with E-state index in [9.17, 15) is 18.8 Å². The molecule has 1 aromatic heterocycles. The third kappa shape index (κ3) is 6.51. The monoisotopic (exact) mass is 566 g/mol. The van der Waals surface area contributed by atoms with Crippen LogP contribution in [-0.4, -0.2) is 61.0 Å². The molecule has 0 radical (unpaired) electrons. The summed E-state index contributed by atoms with van der Waals surface area (Å²) in [5.74, 6) is 0.589. The summed E-state index contributed by atoms with van der Waals surface area (Å²) in [5, 5.41) is 20.3. The predicted octanol–water partition coefficient (Wildman–Crippen LogP) is 4.50. The highest BCUT2D eigenvalue weighted by Crippen LogP contribution is 2.41. The van der Waals surface area contributed by atoms with Crippen molar-refractivity contribution >= 4 is 21.4 Å². The first-order valence-electron chi connectivity index (χ1n) is 13.4. The maximum Gasteiger partial charge on any atom is 0.213 e. The van der Waals surface area contributed by atoms with Crippen LogP contribution in [0, 0.1) is 11.3 Å². The number of rotatable bonds is 9. The topological polar surface area (TPSA) is 116 Å². The van der Waals surface area contributed by atoms with E-state index in [4.69, 9.17) is 4.74 Å². The van der Waals surface area contributed by atoms with Crippen LogP contribution in [0.5, 0.6) is 5.75 Å². The van der Waals surface area contributed by atoms with E-state index in [1.807, 2.05) is 55.3 Å². The highest BCUT2D eigenvalue weighted by molar-refractivity contribution is 7.89. The molecule has 2 aromatic carbocycles. The van der Waals surface area contributed by atoms with Gasteiger partial charge in [0.15, 0.2) is 0 Å². The van der Waals surface area contributed by atoms with Crippen LogP contribution in [0.25, 0.3) is 21.0 Å². The second-order valence-corrected chi connectivity index (χ2v) is 13.4. The van der Waals surface area contributed by atoms with Crippen LogP contribution in [-0.2, 0) is 16.4 Å². The first-order chi connectivity index (χ1) is 18.7. The quantitative estimate of drug-likeness (QED) is 0.392. The Bertz CT molecular complexity index is 1480. The molecule has 8 nitrogen and oxygen atoms in total. The number of nitriles is 1. The first-order valence-corrected chi connectivity index (χ1v) is 15.9. The standard InChI is InChI=1S/C29H34N4O4S2/c1-19(2)37-27-11-8-20(15-21(27)16-30)29-31-17-28(38-29)25-7-3-6-24-23(25)9-10-26(24)32-39(35,36)14-13-33-12-4-5-22(34)18-33/h3,6-8,11,15,17,19,22,26,32,34H,4-5,9-10,12-14,18H2,1-2H3/t22?,26-/m1/s1. The van der Waals surface area contributed by atoms with Gasteiger partial charge in [-0.05, 0) is 81.0 Å². The number of ether oxygens (including phenoxy) is 1. The number of aromatic nitrogens is 1. The number of thiazole rings is 1. The molecule has 1 aliphatic carbocycles. The number of aliphatic hydroxyl groups is 1. The minimum atomic E-state index is -3.47. The van der Waals surface area contributed by atoms with Crippen LogP contribution >= 0.6 is 11.3 Å². The zero-order valence-electron chi connectivity index (χ0n) is 22.3. The van der Waals surface area contributed by atoms with Crippen LogP contribution in [0.3, 0.4) is 0 Å². The molecule has 0 bridgehead atoms. The molecule has 1 saturated heterocycles. The number of likely N-dealkylation sites (tertiary alicyclic amines) is 1. The van der Waals surface area contributed by atoms with Gasteiger partial charge in [0.05, 0.1) is 28.4 Å². The smallest absolute Gasteiger partial charge is 0.213 e. The normalized spacial score (nSPS) is 19.7. The third-order valence-corrected chi connectivity index (χ3v) is 9.67. The maximum atomic E-state index is 12.9. The van der Waals surface area contributed by atoms with Crippen LogP contribution < -0.4 is 9.46 Å². The van der Waals surface area contributed by atoms with E-state index in [0.29, 0.717) is 30.8 Å². The lowest BCUT2D eigenvalue weighted by Crippen LogP contribution is -2.42. The van der Waals surface area contributed by atoms with Crippen LogP contribution in [0.15, 0.2) is 42.6 Å². The number of β-amino-alcohol motifs (C(OH)–C–C–N with tert-alkyl or cyclic N) is 1. The maximum absolute atomic E-state index is 12.9. The van der Waals surface area contributed by atoms with Gasteiger partial charge in [0, 0.05) is 30.9 Å². The van der Waals surface area contributed by atoms with E-state index in [1.54, 1.807) is 11.3 Å². The van der Waals surface area contributed by atoms with E-state index >= 15 is 0 Å². The number of hydrogen-bond donors (Lipinski definition) is 2. The number of aliphatic hydroxyl groups excluding tert-OH is 1. The lowest BCUT2D eigenvalue weighted by atomic mass is 10.0. The molecule has 1 aliphatic heterocycles. The van der Waals surface area contributed by atoms with Gasteiger partial charge in [-0.3, -0.25) is 4.90 Å². The zero-order chi connectivity index (χ0) is 27.6. The summed E-state index contributed by atoms with van der Waals surface area (Å²) < 4.78 is 34.5. The number of hydrogen-bond acceptors (Lipinski definition) is 8. The Balaban J connectivity index is 1.31. The minimum Gasteiger partial charge on any atom is -0.490 e. The summed E-state index contributed by atoms with van der Waals surface area (Å²) in [7, 11) is -3.47. The Kier molecular flexibility index (Phi) is 8.35. The molecule has 2 atom stereocenters. The molecule has 1 unspecified atom stereocenters. The van der Waals surface area contributed by atoms with E-state index in [2.05, 4.69) is 21.8 Å². The van der Waals surface area contributed by atoms with Crippen molar-refractivity contribution in [3.8, 4) is 32.8 Å². The molecule has 0 spiro atoms. The molecule has 3 aromatic rings. The van der Waals surface area contributed by atoms with Gasteiger partial charge >= 0.3 is 0 Å². The van der Waals surface area contributed by atoms with E-state index < -0.39 is 10.0 Å². The Labute approximate surface area is 234 Å². The average Bonchev–Trinajstić information content (AvgIpc) is 3.55. The average molecular weight is 567 g/mol. The van der Waals surface area contributed by atoms with Crippen molar-refractivity contribution in [3.63, 3.8) is 0 Å². The van der Waals surface area contributed by atoms with Crippen molar-refractivity contribution in [2.45, 2.75) is 57.8 Å². The lowest BCUT2D eigenvalue weighted by molar-refractivity contribution is 0.0740. The van der Waals surface area contributed by atoms with Gasteiger partial charge in [0.25, 0.3) is 0 Å². The highest BCUT2D eigenvalue weighted by Gasteiger charge is 2.29. The van der Waals surface area contributed by atoms with Gasteiger partial charge in [-0.1, -0.05) is 18.2 Å². The molecule has 0 amide bonds. The fourth-order valence-corrected chi connectivity index (χ4v) is 7.67. The van der Waals surface area contributed by atoms with Gasteiger partial charge in [-0.15, -0.1) is 11.3 Å². The Morgan fingerprint density at radius 1 is 1.28 bits per heavy atom. The van der Waals surface area contributed by atoms with E-state index in [0.717, 1.165) is 57.9 Å². The molecular weight excluding hydrogens is 532 g/mol. The Morgan fingerprint density at radius 2 is 2.13 bits per heavy atom. The first kappa shape index (κ1) is 27.7. The summed E-state index contributed by atoms with van der Waals surface area (Å²) in [5.41, 5.74) is 4.57. The summed E-state index contributed by atoms with van der Waals surface area (Å²) in [4.78, 5) is 7.68. The molecule has 206 valence electrons. The second kappa shape index (κ2) is 11.7. The van der Waals surface area contributed by atoms with Gasteiger partial charge < -0.3 is 9.84 Å². The van der Waals surface area contributed by atoms with Crippen LogP contribution in [0.4, 0.5) is 0 Å². The minimum absolute atomic E-state index is 0.0217. The summed E-state index contributed by atoms with van der Waals surface area (Å²) in [6.07, 6.45) is 4.63. The molecule has 10 heteroatoms. The van der Waals surface area contributed by atoms with Gasteiger partial charge in [0.1, 0.15) is 16.8 Å². The SMILES string of the molecule is CC(C)Oc1ccc(-c2ncc(-c3cccc4c3CC[C@H]4NS(=O)(=O)CCN3CCCC(O)C3)s2)cc1C#N. The highest BCUT2D eigenvalue weighted by atomic mass is 32.2.